The number of ether oxygens (including phenoxy) is 1. The van der Waals surface area contributed by atoms with Crippen molar-refractivity contribution in [3.05, 3.63) is 46.2 Å². The average Bonchev–Trinajstić information content (AvgIpc) is 2.84. The Labute approximate surface area is 128 Å². The van der Waals surface area contributed by atoms with Gasteiger partial charge in [-0.1, -0.05) is 0 Å². The van der Waals surface area contributed by atoms with E-state index in [1.165, 1.54) is 6.20 Å². The normalized spacial score (nSPS) is 16.6. The van der Waals surface area contributed by atoms with Crippen LogP contribution in [-0.4, -0.2) is 15.8 Å². The van der Waals surface area contributed by atoms with Crippen LogP contribution in [0.5, 0.6) is 11.5 Å². The third-order valence-corrected chi connectivity index (χ3v) is 4.87. The first-order valence-electron chi connectivity index (χ1n) is 5.85. The number of halogens is 1. The van der Waals surface area contributed by atoms with Crippen molar-refractivity contribution < 1.29 is 9.84 Å². The average molecular weight is 349 g/mol. The van der Waals surface area contributed by atoms with E-state index in [2.05, 4.69) is 20.9 Å². The standard InChI is InChI=1S/C14H9BrN2O2S/c15-14-11(1-2-12-13(14)10(18)7-20-12)19-9-3-8(4-16)5-17-6-9/h1-3,5-6,10,18H,7H2. The molecule has 0 bridgehead atoms. The molecular weight excluding hydrogens is 340 g/mol. The predicted molar refractivity (Wildman–Crippen MR) is 78.9 cm³/mol. The van der Waals surface area contributed by atoms with Crippen LogP contribution in [0.4, 0.5) is 0 Å². The highest BCUT2D eigenvalue weighted by Crippen LogP contribution is 2.46. The molecule has 20 heavy (non-hydrogen) atoms. The van der Waals surface area contributed by atoms with Gasteiger partial charge in [0.15, 0.2) is 0 Å². The zero-order valence-corrected chi connectivity index (χ0v) is 12.6. The summed E-state index contributed by atoms with van der Waals surface area (Å²) in [6.45, 7) is 0. The maximum absolute atomic E-state index is 9.97. The lowest BCUT2D eigenvalue weighted by atomic mass is 10.1. The van der Waals surface area contributed by atoms with Gasteiger partial charge in [-0.05, 0) is 28.1 Å². The topological polar surface area (TPSA) is 66.1 Å². The molecule has 0 saturated heterocycles. The van der Waals surface area contributed by atoms with Crippen molar-refractivity contribution in [3.8, 4) is 17.6 Å². The van der Waals surface area contributed by atoms with Gasteiger partial charge in [0.05, 0.1) is 22.3 Å². The lowest BCUT2D eigenvalue weighted by Gasteiger charge is -2.12. The minimum atomic E-state index is -0.489. The molecule has 0 saturated carbocycles. The first kappa shape index (κ1) is 13.4. The van der Waals surface area contributed by atoms with Crippen molar-refractivity contribution in [2.24, 2.45) is 0 Å². The van der Waals surface area contributed by atoms with Crippen LogP contribution in [0.1, 0.15) is 17.2 Å². The Morgan fingerprint density at radius 1 is 1.45 bits per heavy atom. The van der Waals surface area contributed by atoms with E-state index in [1.54, 1.807) is 24.0 Å². The predicted octanol–water partition coefficient (Wildman–Crippen LogP) is 3.65. The molecule has 6 heteroatoms. The van der Waals surface area contributed by atoms with E-state index in [-0.39, 0.29) is 0 Å². The number of fused-ring (bicyclic) bond motifs is 1. The number of aromatic nitrogens is 1. The molecule has 1 aromatic carbocycles. The van der Waals surface area contributed by atoms with Gasteiger partial charge < -0.3 is 9.84 Å². The van der Waals surface area contributed by atoms with Gasteiger partial charge in [0.1, 0.15) is 17.6 Å². The molecule has 1 aliphatic rings. The Morgan fingerprint density at radius 3 is 3.10 bits per heavy atom. The number of nitrogens with zero attached hydrogens (tertiary/aromatic N) is 2. The second-order valence-corrected chi connectivity index (χ2v) is 6.09. The number of aliphatic hydroxyl groups excluding tert-OH is 1. The van der Waals surface area contributed by atoms with E-state index in [1.807, 2.05) is 18.2 Å². The molecule has 0 fully saturated rings. The highest BCUT2D eigenvalue weighted by Gasteiger charge is 2.25. The molecule has 0 radical (unpaired) electrons. The summed E-state index contributed by atoms with van der Waals surface area (Å²) in [5, 5.41) is 18.8. The van der Waals surface area contributed by atoms with Crippen LogP contribution in [0.2, 0.25) is 0 Å². The van der Waals surface area contributed by atoms with Crippen molar-refractivity contribution in [2.45, 2.75) is 11.0 Å². The molecule has 1 aliphatic heterocycles. The minimum Gasteiger partial charge on any atom is -0.455 e. The number of benzene rings is 1. The van der Waals surface area contributed by atoms with Gasteiger partial charge in [-0.3, -0.25) is 4.98 Å². The van der Waals surface area contributed by atoms with E-state index in [0.717, 1.165) is 14.9 Å². The van der Waals surface area contributed by atoms with Crippen molar-refractivity contribution in [1.82, 2.24) is 4.98 Å². The molecule has 1 atom stereocenters. The summed E-state index contributed by atoms with van der Waals surface area (Å²) in [7, 11) is 0. The summed E-state index contributed by atoms with van der Waals surface area (Å²) in [5.41, 5.74) is 1.30. The molecule has 1 aromatic heterocycles. The summed E-state index contributed by atoms with van der Waals surface area (Å²) >= 11 is 5.10. The number of thioether (sulfide) groups is 1. The molecule has 2 aromatic rings. The fraction of sp³-hybridized carbons (Fsp3) is 0.143. The quantitative estimate of drug-likeness (QED) is 0.897. The van der Waals surface area contributed by atoms with Crippen molar-refractivity contribution in [2.75, 3.05) is 5.75 Å². The van der Waals surface area contributed by atoms with Crippen LogP contribution in [0.25, 0.3) is 0 Å². The van der Waals surface area contributed by atoms with Crippen molar-refractivity contribution in [3.63, 3.8) is 0 Å². The van der Waals surface area contributed by atoms with E-state index in [9.17, 15) is 5.11 Å². The smallest absolute Gasteiger partial charge is 0.147 e. The molecule has 0 spiro atoms. The summed E-state index contributed by atoms with van der Waals surface area (Å²) in [5.74, 6) is 1.75. The summed E-state index contributed by atoms with van der Waals surface area (Å²) in [6, 6.07) is 7.41. The van der Waals surface area contributed by atoms with Crippen LogP contribution < -0.4 is 4.74 Å². The number of hydrogen-bond acceptors (Lipinski definition) is 5. The number of aliphatic hydroxyl groups is 1. The first-order chi connectivity index (χ1) is 9.69. The molecular formula is C14H9BrN2O2S. The monoisotopic (exact) mass is 348 g/mol. The van der Waals surface area contributed by atoms with Gasteiger partial charge in [-0.25, -0.2) is 0 Å². The Bertz CT molecular complexity index is 715. The molecule has 1 unspecified atom stereocenters. The number of pyridine rings is 1. The molecule has 2 heterocycles. The Morgan fingerprint density at radius 2 is 2.30 bits per heavy atom. The van der Waals surface area contributed by atoms with Crippen LogP contribution >= 0.6 is 27.7 Å². The van der Waals surface area contributed by atoms with Crippen molar-refractivity contribution >= 4 is 27.7 Å². The molecule has 1 N–H and O–H groups in total. The Hall–Kier alpha value is -1.55. The maximum Gasteiger partial charge on any atom is 0.147 e. The Balaban J connectivity index is 1.96. The van der Waals surface area contributed by atoms with Gasteiger partial charge in [0, 0.05) is 28.5 Å². The van der Waals surface area contributed by atoms with Crippen LogP contribution in [0, 0.1) is 11.3 Å². The number of nitriles is 1. The first-order valence-corrected chi connectivity index (χ1v) is 7.63. The van der Waals surface area contributed by atoms with E-state index >= 15 is 0 Å². The largest absolute Gasteiger partial charge is 0.455 e. The maximum atomic E-state index is 9.97. The zero-order chi connectivity index (χ0) is 14.1. The molecule has 0 aliphatic carbocycles. The van der Waals surface area contributed by atoms with Gasteiger partial charge in [-0.15, -0.1) is 11.8 Å². The van der Waals surface area contributed by atoms with Gasteiger partial charge >= 0.3 is 0 Å². The SMILES string of the molecule is N#Cc1cncc(Oc2ccc3c(c2Br)C(O)CS3)c1. The fourth-order valence-electron chi connectivity index (χ4n) is 1.99. The van der Waals surface area contributed by atoms with Crippen LogP contribution in [0.15, 0.2) is 40.0 Å². The molecule has 4 nitrogen and oxygen atoms in total. The van der Waals surface area contributed by atoms with Crippen LogP contribution in [-0.2, 0) is 0 Å². The van der Waals surface area contributed by atoms with E-state index in [4.69, 9.17) is 10.00 Å². The van der Waals surface area contributed by atoms with Gasteiger partial charge in [-0.2, -0.15) is 5.26 Å². The van der Waals surface area contributed by atoms with E-state index < -0.39 is 6.10 Å². The zero-order valence-electron chi connectivity index (χ0n) is 10.2. The van der Waals surface area contributed by atoms with Crippen molar-refractivity contribution in [1.29, 1.82) is 5.26 Å². The molecule has 0 amide bonds. The Kier molecular flexibility index (Phi) is 3.66. The summed E-state index contributed by atoms with van der Waals surface area (Å²) < 4.78 is 6.49. The lowest BCUT2D eigenvalue weighted by Crippen LogP contribution is -1.97. The minimum absolute atomic E-state index is 0.440. The second-order valence-electron chi connectivity index (χ2n) is 4.24. The number of hydrogen-bond donors (Lipinski definition) is 1. The third kappa shape index (κ3) is 2.40. The highest BCUT2D eigenvalue weighted by atomic mass is 79.9. The van der Waals surface area contributed by atoms with Crippen LogP contribution in [0.3, 0.4) is 0 Å². The lowest BCUT2D eigenvalue weighted by molar-refractivity contribution is 0.204. The van der Waals surface area contributed by atoms with Gasteiger partial charge in [0.25, 0.3) is 0 Å². The third-order valence-electron chi connectivity index (χ3n) is 2.90. The highest BCUT2D eigenvalue weighted by molar-refractivity contribution is 9.10. The summed E-state index contributed by atoms with van der Waals surface area (Å²) in [6.07, 6.45) is 2.54. The fourth-order valence-corrected chi connectivity index (χ4v) is 3.87. The van der Waals surface area contributed by atoms with Gasteiger partial charge in [0.2, 0.25) is 0 Å². The van der Waals surface area contributed by atoms with E-state index in [0.29, 0.717) is 22.8 Å². The molecule has 3 rings (SSSR count). The number of rotatable bonds is 2. The molecule has 100 valence electrons. The second kappa shape index (κ2) is 5.44. The summed E-state index contributed by atoms with van der Waals surface area (Å²) in [4.78, 5) is 5.01.